The van der Waals surface area contributed by atoms with Crippen LogP contribution in [0.15, 0.2) is 53.6 Å². The molecule has 0 amide bonds. The first kappa shape index (κ1) is 16.2. The third kappa shape index (κ3) is 2.48. The maximum atomic E-state index is 15.0. The Hall–Kier alpha value is -2.63. The number of likely N-dealkylation sites (tertiary alicyclic amines) is 1. The van der Waals surface area contributed by atoms with Crippen molar-refractivity contribution < 1.29 is 18.4 Å². The number of aliphatic imine (C=N–C) groups is 1. The zero-order valence-corrected chi connectivity index (χ0v) is 13.3. The molecule has 1 aromatic rings. The largest absolute Gasteiger partial charge is 0.357 e. The van der Waals surface area contributed by atoms with E-state index in [1.165, 1.54) is 48.3 Å². The normalized spacial score (nSPS) is 22.6. The number of carbonyl (C=O) groups excluding carboxylic acids is 2. The Labute approximate surface area is 138 Å². The van der Waals surface area contributed by atoms with Gasteiger partial charge in [0.15, 0.2) is 17.4 Å². The summed E-state index contributed by atoms with van der Waals surface area (Å²) in [5.74, 6) is -4.00. The van der Waals surface area contributed by atoms with Crippen molar-refractivity contribution >= 4 is 23.1 Å². The number of ketones is 2. The molecular formula is C18H16F2N2O2. The van der Waals surface area contributed by atoms with Crippen molar-refractivity contribution in [3.8, 4) is 0 Å². The standard InChI is InChI=1S/C18H16F2N2O2/c1-12(23)13-3-5-14(6-4-13)21-16-18(19,20)17(11-22(16)2)9-7-15(24)8-10-17/h3-10H,11H2,1-2H3. The highest BCUT2D eigenvalue weighted by molar-refractivity contribution is 6.02. The molecule has 0 N–H and O–H groups in total. The number of alkyl halides is 2. The Morgan fingerprint density at radius 2 is 1.75 bits per heavy atom. The molecule has 0 aromatic heterocycles. The van der Waals surface area contributed by atoms with Gasteiger partial charge in [-0.15, -0.1) is 0 Å². The minimum Gasteiger partial charge on any atom is -0.357 e. The number of amidine groups is 1. The van der Waals surface area contributed by atoms with E-state index >= 15 is 0 Å². The molecule has 24 heavy (non-hydrogen) atoms. The number of Topliss-reactive ketones (excluding diaryl/α,β-unsaturated/α-hetero) is 1. The van der Waals surface area contributed by atoms with Gasteiger partial charge >= 0.3 is 5.92 Å². The van der Waals surface area contributed by atoms with Crippen molar-refractivity contribution in [2.24, 2.45) is 10.4 Å². The number of allylic oxidation sites excluding steroid dienone is 2. The summed E-state index contributed by atoms with van der Waals surface area (Å²) in [6, 6.07) is 6.19. The fourth-order valence-corrected chi connectivity index (χ4v) is 2.95. The lowest BCUT2D eigenvalue weighted by Crippen LogP contribution is -2.41. The zero-order valence-electron chi connectivity index (χ0n) is 13.3. The van der Waals surface area contributed by atoms with Gasteiger partial charge < -0.3 is 4.90 Å². The van der Waals surface area contributed by atoms with E-state index in [1.54, 1.807) is 19.2 Å². The van der Waals surface area contributed by atoms with Crippen molar-refractivity contribution in [3.63, 3.8) is 0 Å². The van der Waals surface area contributed by atoms with E-state index in [2.05, 4.69) is 4.99 Å². The van der Waals surface area contributed by atoms with Gasteiger partial charge in [-0.25, -0.2) is 4.99 Å². The minimum absolute atomic E-state index is 0.0324. The van der Waals surface area contributed by atoms with E-state index in [0.717, 1.165) is 0 Å². The molecule has 1 aliphatic heterocycles. The van der Waals surface area contributed by atoms with Gasteiger partial charge in [0, 0.05) is 19.2 Å². The molecular weight excluding hydrogens is 314 g/mol. The van der Waals surface area contributed by atoms with Gasteiger partial charge in [0.1, 0.15) is 0 Å². The number of hydrogen-bond acceptors (Lipinski definition) is 3. The van der Waals surface area contributed by atoms with Gasteiger partial charge in [0.2, 0.25) is 0 Å². The first-order valence-electron chi connectivity index (χ1n) is 7.47. The fourth-order valence-electron chi connectivity index (χ4n) is 2.95. The van der Waals surface area contributed by atoms with Gasteiger partial charge in [-0.3, -0.25) is 9.59 Å². The summed E-state index contributed by atoms with van der Waals surface area (Å²) in [5.41, 5.74) is -0.717. The van der Waals surface area contributed by atoms with Crippen LogP contribution in [0.1, 0.15) is 17.3 Å². The lowest BCUT2D eigenvalue weighted by molar-refractivity contribution is -0.110. The molecule has 1 heterocycles. The molecule has 0 atom stereocenters. The van der Waals surface area contributed by atoms with E-state index in [0.29, 0.717) is 11.3 Å². The van der Waals surface area contributed by atoms with Crippen LogP contribution in [0.5, 0.6) is 0 Å². The summed E-state index contributed by atoms with van der Waals surface area (Å²) in [6.07, 6.45) is 4.86. The summed E-state index contributed by atoms with van der Waals surface area (Å²) in [6.45, 7) is 1.47. The second kappa shape index (κ2) is 5.47. The van der Waals surface area contributed by atoms with E-state index in [4.69, 9.17) is 0 Å². The number of rotatable bonds is 2. The minimum atomic E-state index is -3.24. The summed E-state index contributed by atoms with van der Waals surface area (Å²) < 4.78 is 30.0. The molecule has 0 radical (unpaired) electrons. The Balaban J connectivity index is 1.99. The quantitative estimate of drug-likeness (QED) is 0.783. The Kier molecular flexibility index (Phi) is 3.70. The third-order valence-electron chi connectivity index (χ3n) is 4.32. The van der Waals surface area contributed by atoms with Crippen molar-refractivity contribution in [2.45, 2.75) is 12.8 Å². The summed E-state index contributed by atoms with van der Waals surface area (Å²) in [5, 5.41) is 0. The predicted octanol–water partition coefficient (Wildman–Crippen LogP) is 3.18. The fraction of sp³-hybridized carbons (Fsp3) is 0.278. The van der Waals surface area contributed by atoms with Gasteiger partial charge in [-0.1, -0.05) is 12.2 Å². The summed E-state index contributed by atoms with van der Waals surface area (Å²) in [4.78, 5) is 28.0. The van der Waals surface area contributed by atoms with Crippen LogP contribution in [0.25, 0.3) is 0 Å². The van der Waals surface area contributed by atoms with Crippen LogP contribution in [-0.4, -0.2) is 41.8 Å². The molecule has 3 rings (SSSR count). The number of hydrogen-bond donors (Lipinski definition) is 0. The lowest BCUT2D eigenvalue weighted by Gasteiger charge is -2.28. The predicted molar refractivity (Wildman–Crippen MR) is 86.8 cm³/mol. The molecule has 6 heteroatoms. The first-order valence-corrected chi connectivity index (χ1v) is 7.47. The van der Waals surface area contributed by atoms with Gasteiger partial charge in [0.25, 0.3) is 0 Å². The maximum Gasteiger partial charge on any atom is 0.318 e. The molecule has 124 valence electrons. The average Bonchev–Trinajstić information content (AvgIpc) is 2.71. The Bertz CT molecular complexity index is 776. The molecule has 1 fully saturated rings. The van der Waals surface area contributed by atoms with E-state index in [9.17, 15) is 18.4 Å². The van der Waals surface area contributed by atoms with Crippen molar-refractivity contribution in [2.75, 3.05) is 13.6 Å². The maximum absolute atomic E-state index is 15.0. The Morgan fingerprint density at radius 1 is 1.17 bits per heavy atom. The van der Waals surface area contributed by atoms with E-state index < -0.39 is 11.3 Å². The van der Waals surface area contributed by atoms with Gasteiger partial charge in [-0.05, 0) is 43.3 Å². The SMILES string of the molecule is CC(=O)c1ccc(N=C2N(C)CC3(C=CC(=O)C=C3)C2(F)F)cc1. The Morgan fingerprint density at radius 3 is 2.29 bits per heavy atom. The van der Waals surface area contributed by atoms with Crippen LogP contribution in [-0.2, 0) is 4.79 Å². The smallest absolute Gasteiger partial charge is 0.318 e. The summed E-state index contributed by atoms with van der Waals surface area (Å²) in [7, 11) is 1.55. The van der Waals surface area contributed by atoms with Crippen LogP contribution in [0.3, 0.4) is 0 Å². The van der Waals surface area contributed by atoms with Crippen LogP contribution in [0.4, 0.5) is 14.5 Å². The molecule has 1 spiro atoms. The summed E-state index contributed by atoms with van der Waals surface area (Å²) >= 11 is 0. The molecule has 4 nitrogen and oxygen atoms in total. The monoisotopic (exact) mass is 330 g/mol. The topological polar surface area (TPSA) is 49.7 Å². The average molecular weight is 330 g/mol. The molecule has 1 saturated heterocycles. The van der Waals surface area contributed by atoms with Crippen LogP contribution in [0.2, 0.25) is 0 Å². The second-order valence-electron chi connectivity index (χ2n) is 6.08. The van der Waals surface area contributed by atoms with Crippen molar-refractivity contribution in [3.05, 3.63) is 54.1 Å². The highest BCUT2D eigenvalue weighted by atomic mass is 19.3. The second-order valence-corrected chi connectivity index (χ2v) is 6.08. The van der Waals surface area contributed by atoms with Crippen molar-refractivity contribution in [1.29, 1.82) is 0 Å². The number of carbonyl (C=O) groups is 2. The molecule has 1 aromatic carbocycles. The van der Waals surface area contributed by atoms with Crippen LogP contribution < -0.4 is 0 Å². The van der Waals surface area contributed by atoms with Crippen LogP contribution in [0, 0.1) is 5.41 Å². The van der Waals surface area contributed by atoms with Gasteiger partial charge in [0.05, 0.1) is 11.1 Å². The first-order chi connectivity index (χ1) is 11.2. The van der Waals surface area contributed by atoms with Crippen LogP contribution >= 0.6 is 0 Å². The van der Waals surface area contributed by atoms with Crippen molar-refractivity contribution in [1.82, 2.24) is 4.90 Å². The van der Waals surface area contributed by atoms with Gasteiger partial charge in [-0.2, -0.15) is 8.78 Å². The molecule has 2 aliphatic rings. The zero-order chi connectivity index (χ0) is 17.5. The lowest BCUT2D eigenvalue weighted by atomic mass is 9.80. The molecule has 0 saturated carbocycles. The molecule has 1 aliphatic carbocycles. The number of benzene rings is 1. The number of halogens is 2. The number of nitrogens with zero attached hydrogens (tertiary/aromatic N) is 2. The third-order valence-corrected chi connectivity index (χ3v) is 4.32. The highest BCUT2D eigenvalue weighted by Crippen LogP contribution is 2.48. The molecule has 0 unspecified atom stereocenters. The molecule has 0 bridgehead atoms. The highest BCUT2D eigenvalue weighted by Gasteiger charge is 2.62. The van der Waals surface area contributed by atoms with E-state index in [-0.39, 0.29) is 23.9 Å². The van der Waals surface area contributed by atoms with E-state index in [1.807, 2.05) is 0 Å².